The highest BCUT2D eigenvalue weighted by molar-refractivity contribution is 5.61. The molecule has 4 aliphatic rings. The Morgan fingerprint density at radius 3 is 2.53 bits per heavy atom. The van der Waals surface area contributed by atoms with Crippen molar-refractivity contribution in [3.8, 4) is 0 Å². The molecule has 2 aromatic carbocycles. The summed E-state index contributed by atoms with van der Waals surface area (Å²) in [6, 6.07) is 20.8. The molecule has 2 N–H and O–H groups in total. The minimum atomic E-state index is -0.114. The van der Waals surface area contributed by atoms with Crippen LogP contribution in [0.4, 0.5) is 0 Å². The zero-order valence-corrected chi connectivity index (χ0v) is 20.3. The highest BCUT2D eigenvalue weighted by Crippen LogP contribution is 2.46. The van der Waals surface area contributed by atoms with Gasteiger partial charge in [0.25, 0.3) is 0 Å². The quantitative estimate of drug-likeness (QED) is 0.649. The second-order valence-electron chi connectivity index (χ2n) is 11.2. The van der Waals surface area contributed by atoms with E-state index in [1.54, 1.807) is 0 Å². The van der Waals surface area contributed by atoms with E-state index in [0.717, 1.165) is 32.1 Å². The third-order valence-electron chi connectivity index (χ3n) is 9.57. The molecule has 0 bridgehead atoms. The number of aldehydes is 1. The van der Waals surface area contributed by atoms with Gasteiger partial charge in [-0.3, -0.25) is 10.2 Å². The summed E-state index contributed by atoms with van der Waals surface area (Å²) in [6.07, 6.45) is 10.8. The van der Waals surface area contributed by atoms with Crippen LogP contribution in [0.2, 0.25) is 0 Å². The predicted octanol–water partition coefficient (Wildman–Crippen LogP) is 4.77. The smallest absolute Gasteiger partial charge is 0.125 e. The molecular formula is C30H39N3O. The molecular weight excluding hydrogens is 418 g/mol. The topological polar surface area (TPSA) is 44.4 Å². The van der Waals surface area contributed by atoms with E-state index in [2.05, 4.69) is 70.1 Å². The van der Waals surface area contributed by atoms with E-state index in [1.165, 1.54) is 67.9 Å². The normalized spacial score (nSPS) is 34.7. The molecule has 2 unspecified atom stereocenters. The van der Waals surface area contributed by atoms with Gasteiger partial charge in [-0.1, -0.05) is 73.9 Å². The van der Waals surface area contributed by atoms with Crippen LogP contribution in [-0.2, 0) is 10.2 Å². The molecule has 2 aromatic rings. The van der Waals surface area contributed by atoms with Crippen LogP contribution in [0.5, 0.6) is 0 Å². The number of carbonyl (C=O) groups excluding carboxylic acids is 1. The number of hydrogen-bond donors (Lipinski definition) is 2. The summed E-state index contributed by atoms with van der Waals surface area (Å²) in [5.74, 6) is 1.49. The van der Waals surface area contributed by atoms with Gasteiger partial charge in [0.2, 0.25) is 0 Å². The number of carbonyl (C=O) groups is 1. The molecule has 3 heterocycles. The zero-order chi connectivity index (χ0) is 23.0. The number of benzene rings is 2. The van der Waals surface area contributed by atoms with Gasteiger partial charge in [0, 0.05) is 43.6 Å². The minimum absolute atomic E-state index is 0.0417. The third kappa shape index (κ3) is 3.84. The highest BCUT2D eigenvalue weighted by Gasteiger charge is 2.50. The third-order valence-corrected chi connectivity index (χ3v) is 9.57. The van der Waals surface area contributed by atoms with Crippen LogP contribution in [0.15, 0.2) is 54.6 Å². The highest BCUT2D eigenvalue weighted by atomic mass is 16.1. The maximum Gasteiger partial charge on any atom is 0.125 e. The average molecular weight is 458 g/mol. The van der Waals surface area contributed by atoms with E-state index in [0.29, 0.717) is 12.0 Å². The molecule has 6 rings (SSSR count). The van der Waals surface area contributed by atoms with Crippen LogP contribution >= 0.6 is 0 Å². The molecule has 2 saturated heterocycles. The van der Waals surface area contributed by atoms with Crippen molar-refractivity contribution in [2.75, 3.05) is 26.2 Å². The largest absolute Gasteiger partial charge is 0.315 e. The molecule has 1 saturated carbocycles. The van der Waals surface area contributed by atoms with Crippen LogP contribution < -0.4 is 10.6 Å². The van der Waals surface area contributed by atoms with Gasteiger partial charge in [-0.15, -0.1) is 0 Å². The van der Waals surface area contributed by atoms with Gasteiger partial charge in [0.1, 0.15) is 6.29 Å². The Morgan fingerprint density at radius 2 is 1.71 bits per heavy atom. The summed E-state index contributed by atoms with van der Waals surface area (Å²) in [5, 5.41) is 7.51. The second kappa shape index (κ2) is 9.56. The van der Waals surface area contributed by atoms with Crippen molar-refractivity contribution in [1.82, 2.24) is 15.5 Å². The number of fused-ring (bicyclic) bond motifs is 2. The van der Waals surface area contributed by atoms with Gasteiger partial charge in [-0.05, 0) is 54.2 Å². The Morgan fingerprint density at radius 1 is 0.912 bits per heavy atom. The van der Waals surface area contributed by atoms with E-state index in [1.807, 2.05) is 0 Å². The molecule has 3 fully saturated rings. The van der Waals surface area contributed by atoms with E-state index < -0.39 is 0 Å². The molecule has 4 heteroatoms. The molecule has 0 radical (unpaired) electrons. The summed E-state index contributed by atoms with van der Waals surface area (Å²) in [4.78, 5) is 14.9. The zero-order valence-electron chi connectivity index (χ0n) is 20.3. The standard InChI is InChI=1S/C30H39N3O/c34-19-25-18-31-20-30(25)21-32-29(26-13-7-8-14-27(26)30)33-16-15-24(22-9-3-1-4-10-22)17-28(33)23-11-5-2-6-12-23/h1,3-4,7-10,13-14,19,23-25,28-29,31-32H,2,5-6,11-12,15-18,20-21H2/t24-,25?,28+,29?,30-/m1/s1. The van der Waals surface area contributed by atoms with Gasteiger partial charge >= 0.3 is 0 Å². The van der Waals surface area contributed by atoms with Gasteiger partial charge in [0.15, 0.2) is 0 Å². The minimum Gasteiger partial charge on any atom is -0.315 e. The molecule has 5 atom stereocenters. The first-order valence-corrected chi connectivity index (χ1v) is 13.6. The lowest BCUT2D eigenvalue weighted by atomic mass is 9.68. The van der Waals surface area contributed by atoms with E-state index in [-0.39, 0.29) is 17.5 Å². The van der Waals surface area contributed by atoms with Gasteiger partial charge in [-0.2, -0.15) is 0 Å². The first kappa shape index (κ1) is 22.5. The lowest BCUT2D eigenvalue weighted by molar-refractivity contribution is -0.112. The molecule has 0 aromatic heterocycles. The van der Waals surface area contributed by atoms with Crippen LogP contribution in [0.1, 0.15) is 73.7 Å². The van der Waals surface area contributed by atoms with Gasteiger partial charge < -0.3 is 10.1 Å². The van der Waals surface area contributed by atoms with Crippen molar-refractivity contribution < 1.29 is 4.79 Å². The predicted molar refractivity (Wildman–Crippen MR) is 137 cm³/mol. The van der Waals surface area contributed by atoms with Crippen molar-refractivity contribution in [3.05, 3.63) is 71.3 Å². The second-order valence-corrected chi connectivity index (χ2v) is 11.2. The first-order chi connectivity index (χ1) is 16.8. The molecule has 34 heavy (non-hydrogen) atoms. The summed E-state index contributed by atoms with van der Waals surface area (Å²) in [7, 11) is 0. The fraction of sp³-hybridized carbons (Fsp3) is 0.567. The van der Waals surface area contributed by atoms with Gasteiger partial charge in [0.05, 0.1) is 6.17 Å². The maximum absolute atomic E-state index is 12.0. The Bertz CT molecular complexity index is 988. The Kier molecular flexibility index (Phi) is 6.31. The van der Waals surface area contributed by atoms with E-state index >= 15 is 0 Å². The van der Waals surface area contributed by atoms with Gasteiger partial charge in [-0.25, -0.2) is 0 Å². The Balaban J connectivity index is 1.33. The number of piperidine rings is 1. The SMILES string of the molecule is O=CC1CNC[C@@]12CNC(N1CC[C@@H](c3ccccc3)C[C@H]1C1CCCCC1)c1ccccc12. The number of nitrogens with zero attached hydrogens (tertiary/aromatic N) is 1. The van der Waals surface area contributed by atoms with Crippen molar-refractivity contribution in [2.24, 2.45) is 11.8 Å². The molecule has 1 aliphatic carbocycles. The van der Waals surface area contributed by atoms with Crippen molar-refractivity contribution in [3.63, 3.8) is 0 Å². The summed E-state index contributed by atoms with van der Waals surface area (Å²) < 4.78 is 0. The summed E-state index contributed by atoms with van der Waals surface area (Å²) in [5.41, 5.74) is 4.21. The van der Waals surface area contributed by atoms with Crippen LogP contribution in [0.3, 0.4) is 0 Å². The monoisotopic (exact) mass is 457 g/mol. The Labute approximate surface area is 204 Å². The number of likely N-dealkylation sites (tertiary alicyclic amines) is 1. The van der Waals surface area contributed by atoms with Crippen LogP contribution in [0.25, 0.3) is 0 Å². The average Bonchev–Trinajstić information content (AvgIpc) is 3.33. The number of hydrogen-bond acceptors (Lipinski definition) is 4. The van der Waals surface area contributed by atoms with Crippen molar-refractivity contribution >= 4 is 6.29 Å². The molecule has 3 aliphatic heterocycles. The van der Waals surface area contributed by atoms with Crippen molar-refractivity contribution in [1.29, 1.82) is 0 Å². The van der Waals surface area contributed by atoms with E-state index in [9.17, 15) is 4.79 Å². The van der Waals surface area contributed by atoms with Crippen molar-refractivity contribution in [2.45, 2.75) is 68.5 Å². The molecule has 1 spiro atoms. The molecule has 0 amide bonds. The fourth-order valence-corrected chi connectivity index (χ4v) is 7.76. The lowest BCUT2D eigenvalue weighted by Gasteiger charge is -2.52. The number of nitrogens with one attached hydrogen (secondary N) is 2. The Hall–Kier alpha value is -2.01. The van der Waals surface area contributed by atoms with Crippen LogP contribution in [0, 0.1) is 11.8 Å². The first-order valence-electron chi connectivity index (χ1n) is 13.6. The lowest BCUT2D eigenvalue weighted by Crippen LogP contribution is -2.58. The maximum atomic E-state index is 12.0. The number of rotatable bonds is 4. The summed E-state index contributed by atoms with van der Waals surface area (Å²) >= 11 is 0. The van der Waals surface area contributed by atoms with E-state index in [4.69, 9.17) is 0 Å². The molecule has 4 nitrogen and oxygen atoms in total. The summed E-state index contributed by atoms with van der Waals surface area (Å²) in [6.45, 7) is 3.68. The fourth-order valence-electron chi connectivity index (χ4n) is 7.76. The van der Waals surface area contributed by atoms with Crippen LogP contribution in [-0.4, -0.2) is 43.4 Å². The molecule has 180 valence electrons.